The Labute approximate surface area is 176 Å². The summed E-state index contributed by atoms with van der Waals surface area (Å²) in [6.45, 7) is 5.60. The fraction of sp³-hybridized carbons (Fsp3) is 0.684. The second kappa shape index (κ2) is 9.23. The normalized spacial score (nSPS) is 22.1. The molecule has 0 saturated heterocycles. The Bertz CT molecular complexity index is 626. The lowest BCUT2D eigenvalue weighted by atomic mass is 9.91. The van der Waals surface area contributed by atoms with E-state index in [0.29, 0.717) is 6.54 Å². The second-order valence-electron chi connectivity index (χ2n) is 7.84. The zero-order valence-electron chi connectivity index (χ0n) is 15.4. The maximum Gasteiger partial charge on any atom is 0.126 e. The van der Waals surface area contributed by atoms with E-state index >= 15 is 0 Å². The molecule has 7 heteroatoms. The van der Waals surface area contributed by atoms with Crippen molar-refractivity contribution in [3.8, 4) is 5.75 Å². The molecule has 0 aliphatic carbocycles. The van der Waals surface area contributed by atoms with Gasteiger partial charge in [-0.25, -0.2) is 0 Å². The Morgan fingerprint density at radius 2 is 1.92 bits per heavy atom. The molecular weight excluding hydrogens is 402 g/mol. The topological polar surface area (TPSA) is 41.5 Å². The molecular formula is C19H29NO2S4. The number of rotatable bonds is 7. The molecule has 3 atom stereocenters. The van der Waals surface area contributed by atoms with Crippen LogP contribution < -0.4 is 10.1 Å². The van der Waals surface area contributed by atoms with E-state index in [1.165, 1.54) is 16.7 Å². The van der Waals surface area contributed by atoms with Crippen molar-refractivity contribution >= 4 is 46.8 Å². The molecule has 0 bridgehead atoms. The molecule has 146 valence electrons. The van der Waals surface area contributed by atoms with E-state index in [-0.39, 0.29) is 16.8 Å². The molecule has 0 spiro atoms. The predicted octanol–water partition coefficient (Wildman–Crippen LogP) is 3.98. The van der Waals surface area contributed by atoms with Crippen LogP contribution in [0.2, 0.25) is 0 Å². The fourth-order valence-electron chi connectivity index (χ4n) is 3.17. The van der Waals surface area contributed by atoms with Crippen LogP contribution in [0.1, 0.15) is 37.0 Å². The van der Waals surface area contributed by atoms with Gasteiger partial charge in [-0.05, 0) is 46.8 Å². The average molecular weight is 432 g/mol. The van der Waals surface area contributed by atoms with Crippen molar-refractivity contribution in [3.05, 3.63) is 28.8 Å². The number of aliphatic hydroxyl groups excluding tert-OH is 1. The van der Waals surface area contributed by atoms with Gasteiger partial charge in [0.2, 0.25) is 0 Å². The number of aliphatic hydroxyl groups is 1. The average Bonchev–Trinajstić information content (AvgIpc) is 2.65. The number of nitrogens with one attached hydrogen (secondary N) is 1. The standard InChI is InChI=1S/C19H29NO2S4/c1-19(2,11-23)18(24)8-20-7-15(21)16-4-3-12-5-13-9-25-26-10-14(13)6-17(12)22-16/h5-6,15-16,18,20-21,23-24H,3-4,7-11H2,1-2H3. The SMILES string of the molecule is CC(C)(CS)C(S)CNCC(O)C1CCc2cc3c(cc2O1)CSSC3. The Hall–Kier alpha value is 0.340. The first-order valence-corrected chi connectivity index (χ1v) is 12.8. The predicted molar refractivity (Wildman–Crippen MR) is 121 cm³/mol. The maximum absolute atomic E-state index is 10.6. The second-order valence-corrected chi connectivity index (χ2v) is 11.2. The molecule has 2 aliphatic rings. The lowest BCUT2D eigenvalue weighted by Gasteiger charge is -2.32. The van der Waals surface area contributed by atoms with Gasteiger partial charge in [-0.1, -0.05) is 41.5 Å². The van der Waals surface area contributed by atoms with Crippen LogP contribution in [0, 0.1) is 5.41 Å². The van der Waals surface area contributed by atoms with E-state index in [1.54, 1.807) is 0 Å². The van der Waals surface area contributed by atoms with Crippen LogP contribution in [0.5, 0.6) is 5.75 Å². The highest BCUT2D eigenvalue weighted by Gasteiger charge is 2.29. The molecule has 26 heavy (non-hydrogen) atoms. The lowest BCUT2D eigenvalue weighted by Crippen LogP contribution is -2.44. The van der Waals surface area contributed by atoms with Crippen LogP contribution in [0.25, 0.3) is 0 Å². The van der Waals surface area contributed by atoms with Gasteiger partial charge in [-0.2, -0.15) is 25.3 Å². The van der Waals surface area contributed by atoms with Crippen molar-refractivity contribution in [1.29, 1.82) is 0 Å². The highest BCUT2D eigenvalue weighted by atomic mass is 33.1. The first kappa shape index (κ1) is 21.1. The quantitative estimate of drug-likeness (QED) is 0.388. The van der Waals surface area contributed by atoms with E-state index in [2.05, 4.69) is 56.6 Å². The van der Waals surface area contributed by atoms with E-state index in [0.717, 1.165) is 42.4 Å². The van der Waals surface area contributed by atoms with E-state index < -0.39 is 6.10 Å². The van der Waals surface area contributed by atoms with Gasteiger partial charge in [-0.15, -0.1) is 0 Å². The molecule has 0 radical (unpaired) electrons. The lowest BCUT2D eigenvalue weighted by molar-refractivity contribution is 0.0244. The maximum atomic E-state index is 10.6. The first-order chi connectivity index (χ1) is 12.4. The summed E-state index contributed by atoms with van der Waals surface area (Å²) in [5.74, 6) is 3.87. The molecule has 2 N–H and O–H groups in total. The first-order valence-electron chi connectivity index (χ1n) is 9.14. The molecule has 3 unspecified atom stereocenters. The summed E-state index contributed by atoms with van der Waals surface area (Å²) in [6, 6.07) is 4.51. The van der Waals surface area contributed by atoms with Crippen LogP contribution in [-0.2, 0) is 17.9 Å². The summed E-state index contributed by atoms with van der Waals surface area (Å²) in [7, 11) is 3.83. The van der Waals surface area contributed by atoms with Crippen molar-refractivity contribution in [3.63, 3.8) is 0 Å². The van der Waals surface area contributed by atoms with E-state index in [9.17, 15) is 5.11 Å². The number of aryl methyl sites for hydroxylation is 1. The molecule has 3 rings (SSSR count). The van der Waals surface area contributed by atoms with Crippen molar-refractivity contribution in [1.82, 2.24) is 5.32 Å². The monoisotopic (exact) mass is 431 g/mol. The smallest absolute Gasteiger partial charge is 0.126 e. The Kier molecular flexibility index (Phi) is 7.47. The number of thiol groups is 2. The summed E-state index contributed by atoms with van der Waals surface area (Å²) < 4.78 is 6.17. The van der Waals surface area contributed by atoms with Crippen LogP contribution in [0.4, 0.5) is 0 Å². The molecule has 0 aromatic heterocycles. The minimum absolute atomic E-state index is 0.0554. The van der Waals surface area contributed by atoms with Gasteiger partial charge in [-0.3, -0.25) is 0 Å². The zero-order valence-corrected chi connectivity index (χ0v) is 18.8. The number of hydrogen-bond donors (Lipinski definition) is 4. The summed E-state index contributed by atoms with van der Waals surface area (Å²) in [4.78, 5) is 0. The summed E-state index contributed by atoms with van der Waals surface area (Å²) >= 11 is 9.07. The minimum Gasteiger partial charge on any atom is -0.487 e. The molecule has 3 nitrogen and oxygen atoms in total. The van der Waals surface area contributed by atoms with Gasteiger partial charge in [0.1, 0.15) is 18.0 Å². The Morgan fingerprint density at radius 1 is 1.23 bits per heavy atom. The fourth-order valence-corrected chi connectivity index (χ4v) is 5.98. The molecule has 1 aromatic rings. The molecule has 0 saturated carbocycles. The third kappa shape index (κ3) is 5.03. The third-order valence-electron chi connectivity index (χ3n) is 5.30. The third-order valence-corrected chi connectivity index (χ3v) is 9.23. The van der Waals surface area contributed by atoms with E-state index in [4.69, 9.17) is 4.74 Å². The largest absolute Gasteiger partial charge is 0.487 e. The summed E-state index contributed by atoms with van der Waals surface area (Å²) in [5.41, 5.74) is 4.18. The Balaban J connectivity index is 1.53. The summed E-state index contributed by atoms with van der Waals surface area (Å²) in [5, 5.41) is 14.1. The van der Waals surface area contributed by atoms with Crippen LogP contribution >= 0.6 is 46.8 Å². The van der Waals surface area contributed by atoms with Crippen LogP contribution in [-0.4, -0.2) is 41.4 Å². The van der Waals surface area contributed by atoms with Crippen molar-refractivity contribution < 1.29 is 9.84 Å². The van der Waals surface area contributed by atoms with E-state index in [1.807, 2.05) is 21.6 Å². The Morgan fingerprint density at radius 3 is 2.62 bits per heavy atom. The molecule has 0 fully saturated rings. The summed E-state index contributed by atoms with van der Waals surface area (Å²) in [6.07, 6.45) is 1.19. The zero-order chi connectivity index (χ0) is 18.7. The molecule has 1 aromatic carbocycles. The van der Waals surface area contributed by atoms with Gasteiger partial charge in [0.05, 0.1) is 0 Å². The molecule has 0 amide bonds. The van der Waals surface area contributed by atoms with Crippen molar-refractivity contribution in [2.75, 3.05) is 18.8 Å². The van der Waals surface area contributed by atoms with Crippen LogP contribution in [0.15, 0.2) is 12.1 Å². The highest BCUT2D eigenvalue weighted by molar-refractivity contribution is 8.76. The van der Waals surface area contributed by atoms with Gasteiger partial charge >= 0.3 is 0 Å². The van der Waals surface area contributed by atoms with Gasteiger partial charge in [0.25, 0.3) is 0 Å². The van der Waals surface area contributed by atoms with Gasteiger partial charge in [0.15, 0.2) is 0 Å². The number of hydrogen-bond acceptors (Lipinski definition) is 7. The number of benzene rings is 1. The number of fused-ring (bicyclic) bond motifs is 2. The molecule has 2 heterocycles. The highest BCUT2D eigenvalue weighted by Crippen LogP contribution is 2.41. The van der Waals surface area contributed by atoms with Crippen LogP contribution in [0.3, 0.4) is 0 Å². The molecule has 2 aliphatic heterocycles. The van der Waals surface area contributed by atoms with Crippen molar-refractivity contribution in [2.45, 2.75) is 55.7 Å². The van der Waals surface area contributed by atoms with Gasteiger partial charge < -0.3 is 15.2 Å². The minimum atomic E-state index is -0.510. The van der Waals surface area contributed by atoms with Gasteiger partial charge in [0, 0.05) is 29.8 Å². The van der Waals surface area contributed by atoms with Crippen molar-refractivity contribution in [2.24, 2.45) is 5.41 Å². The number of ether oxygens (including phenoxy) is 1.